The van der Waals surface area contributed by atoms with Crippen molar-refractivity contribution < 1.29 is 24.2 Å². The summed E-state index contributed by atoms with van der Waals surface area (Å²) in [6.07, 6.45) is 0.562. The van der Waals surface area contributed by atoms with E-state index in [9.17, 15) is 9.90 Å². The molecule has 1 saturated heterocycles. The molecule has 88 valence electrons. The van der Waals surface area contributed by atoms with Crippen LogP contribution in [0.2, 0.25) is 0 Å². The van der Waals surface area contributed by atoms with Gasteiger partial charge in [0.15, 0.2) is 5.88 Å². The van der Waals surface area contributed by atoms with Gasteiger partial charge in [0.05, 0.1) is 6.61 Å². The van der Waals surface area contributed by atoms with E-state index < -0.39 is 11.6 Å². The van der Waals surface area contributed by atoms with Crippen molar-refractivity contribution >= 4 is 11.9 Å². The summed E-state index contributed by atoms with van der Waals surface area (Å²) in [5, 5.41) is 21.4. The first-order chi connectivity index (χ1) is 7.59. The monoisotopic (exact) mass is 227 g/mol. The fourth-order valence-corrected chi connectivity index (χ4v) is 1.54. The first-order valence-electron chi connectivity index (χ1n) is 4.96. The van der Waals surface area contributed by atoms with Crippen LogP contribution in [0.1, 0.15) is 17.0 Å². The molecule has 0 aromatic carbocycles. The fourth-order valence-electron chi connectivity index (χ4n) is 1.54. The summed E-state index contributed by atoms with van der Waals surface area (Å²) in [5.74, 6) is -0.911. The molecule has 0 amide bonds. The Labute approximate surface area is 91.8 Å². The van der Waals surface area contributed by atoms with Gasteiger partial charge in [0.25, 0.3) is 0 Å². The van der Waals surface area contributed by atoms with Crippen LogP contribution >= 0.6 is 0 Å². The number of ether oxygens (including phenoxy) is 1. The lowest BCUT2D eigenvalue weighted by Gasteiger charge is -2.20. The van der Waals surface area contributed by atoms with Gasteiger partial charge in [-0.05, 0) is 6.07 Å². The number of furan rings is 1. The van der Waals surface area contributed by atoms with Gasteiger partial charge in [0.2, 0.25) is 5.76 Å². The second-order valence-corrected chi connectivity index (χ2v) is 3.85. The van der Waals surface area contributed by atoms with E-state index in [4.69, 9.17) is 14.3 Å². The highest BCUT2D eigenvalue weighted by Crippen LogP contribution is 2.20. The normalized spacial score (nSPS) is 24.6. The van der Waals surface area contributed by atoms with Gasteiger partial charge < -0.3 is 24.7 Å². The topological polar surface area (TPSA) is 91.9 Å². The van der Waals surface area contributed by atoms with Crippen molar-refractivity contribution in [1.29, 1.82) is 0 Å². The SMILES string of the molecule is O=C(O)c1ccc(NCC2(O)CCOC2)o1. The average molecular weight is 227 g/mol. The van der Waals surface area contributed by atoms with E-state index in [1.165, 1.54) is 12.1 Å². The molecule has 0 aliphatic carbocycles. The maximum Gasteiger partial charge on any atom is 0.371 e. The van der Waals surface area contributed by atoms with Crippen LogP contribution in [0.5, 0.6) is 0 Å². The number of aliphatic hydroxyl groups is 1. The molecule has 1 fully saturated rings. The molecule has 0 bridgehead atoms. The molecule has 2 rings (SSSR count). The van der Waals surface area contributed by atoms with Crippen molar-refractivity contribution in [3.8, 4) is 0 Å². The molecule has 0 spiro atoms. The third-order valence-corrected chi connectivity index (χ3v) is 2.49. The first kappa shape index (κ1) is 11.0. The molecule has 2 heterocycles. The summed E-state index contributed by atoms with van der Waals surface area (Å²) in [7, 11) is 0. The lowest BCUT2D eigenvalue weighted by molar-refractivity contribution is 0.0378. The molecule has 3 N–H and O–H groups in total. The molecule has 1 aliphatic heterocycles. The summed E-state index contributed by atoms with van der Waals surface area (Å²) >= 11 is 0. The second-order valence-electron chi connectivity index (χ2n) is 3.85. The Hall–Kier alpha value is -1.53. The minimum Gasteiger partial charge on any atom is -0.475 e. The Morgan fingerprint density at radius 2 is 2.38 bits per heavy atom. The summed E-state index contributed by atoms with van der Waals surface area (Å²) in [4.78, 5) is 10.5. The lowest BCUT2D eigenvalue weighted by Crippen LogP contribution is -2.37. The number of carboxylic acids is 1. The molecule has 1 atom stereocenters. The molecule has 1 aliphatic rings. The van der Waals surface area contributed by atoms with E-state index in [0.29, 0.717) is 18.9 Å². The van der Waals surface area contributed by atoms with Crippen LogP contribution in [-0.4, -0.2) is 41.5 Å². The number of carbonyl (C=O) groups is 1. The highest BCUT2D eigenvalue weighted by molar-refractivity contribution is 5.84. The number of hydrogen-bond acceptors (Lipinski definition) is 5. The van der Waals surface area contributed by atoms with E-state index >= 15 is 0 Å². The van der Waals surface area contributed by atoms with Gasteiger partial charge in [-0.15, -0.1) is 0 Å². The number of hydrogen-bond donors (Lipinski definition) is 3. The van der Waals surface area contributed by atoms with Crippen LogP contribution in [0.25, 0.3) is 0 Å². The Bertz CT molecular complexity index is 380. The van der Waals surface area contributed by atoms with Crippen LogP contribution in [0.4, 0.5) is 5.88 Å². The third-order valence-electron chi connectivity index (χ3n) is 2.49. The number of aromatic carboxylic acids is 1. The Morgan fingerprint density at radius 1 is 1.56 bits per heavy atom. The van der Waals surface area contributed by atoms with Gasteiger partial charge in [0.1, 0.15) is 5.60 Å². The smallest absolute Gasteiger partial charge is 0.371 e. The largest absolute Gasteiger partial charge is 0.475 e. The van der Waals surface area contributed by atoms with Gasteiger partial charge in [-0.25, -0.2) is 4.79 Å². The second kappa shape index (κ2) is 4.15. The molecule has 6 nitrogen and oxygen atoms in total. The van der Waals surface area contributed by atoms with Crippen LogP contribution in [0, 0.1) is 0 Å². The fraction of sp³-hybridized carbons (Fsp3) is 0.500. The predicted molar refractivity (Wildman–Crippen MR) is 54.5 cm³/mol. The third kappa shape index (κ3) is 2.34. The van der Waals surface area contributed by atoms with Gasteiger partial charge in [0, 0.05) is 25.6 Å². The summed E-state index contributed by atoms with van der Waals surface area (Å²) in [6, 6.07) is 2.88. The molecule has 0 radical (unpaired) electrons. The van der Waals surface area contributed by atoms with Crippen LogP contribution in [-0.2, 0) is 4.74 Å². The van der Waals surface area contributed by atoms with Crippen molar-refractivity contribution in [2.24, 2.45) is 0 Å². The predicted octanol–water partition coefficient (Wildman–Crippen LogP) is 0.541. The summed E-state index contributed by atoms with van der Waals surface area (Å²) < 4.78 is 10.1. The van der Waals surface area contributed by atoms with E-state index in [1.807, 2.05) is 0 Å². The molecule has 1 aromatic heterocycles. The van der Waals surface area contributed by atoms with Crippen LogP contribution in [0.3, 0.4) is 0 Å². The number of rotatable bonds is 4. The molecular weight excluding hydrogens is 214 g/mol. The van der Waals surface area contributed by atoms with Gasteiger partial charge >= 0.3 is 5.97 Å². The van der Waals surface area contributed by atoms with Gasteiger partial charge in [-0.1, -0.05) is 0 Å². The average Bonchev–Trinajstić information content (AvgIpc) is 2.84. The number of nitrogens with one attached hydrogen (secondary N) is 1. The van der Waals surface area contributed by atoms with E-state index in [-0.39, 0.29) is 18.9 Å². The van der Waals surface area contributed by atoms with Crippen LogP contribution in [0.15, 0.2) is 16.5 Å². The zero-order valence-electron chi connectivity index (χ0n) is 8.60. The molecule has 1 unspecified atom stereocenters. The van der Waals surface area contributed by atoms with Crippen LogP contribution < -0.4 is 5.32 Å². The van der Waals surface area contributed by atoms with Crippen molar-refractivity contribution in [3.63, 3.8) is 0 Å². The minimum absolute atomic E-state index is 0.128. The highest BCUT2D eigenvalue weighted by Gasteiger charge is 2.32. The zero-order chi connectivity index (χ0) is 11.6. The summed E-state index contributed by atoms with van der Waals surface area (Å²) in [6.45, 7) is 1.10. The highest BCUT2D eigenvalue weighted by atomic mass is 16.5. The summed E-state index contributed by atoms with van der Waals surface area (Å²) in [5.41, 5.74) is -0.893. The standard InChI is InChI=1S/C10H13NO5/c12-9(13)7-1-2-8(16-7)11-5-10(14)3-4-15-6-10/h1-2,11,14H,3-6H2,(H,12,13). The minimum atomic E-state index is -1.11. The van der Waals surface area contributed by atoms with Crippen molar-refractivity contribution in [2.45, 2.75) is 12.0 Å². The molecular formula is C10H13NO5. The Balaban J connectivity index is 1.91. The maximum absolute atomic E-state index is 10.5. The van der Waals surface area contributed by atoms with E-state index in [2.05, 4.69) is 5.32 Å². The number of anilines is 1. The van der Waals surface area contributed by atoms with Crippen molar-refractivity contribution in [3.05, 3.63) is 17.9 Å². The Kier molecular flexibility index (Phi) is 2.84. The van der Waals surface area contributed by atoms with Crippen molar-refractivity contribution in [2.75, 3.05) is 25.1 Å². The van der Waals surface area contributed by atoms with Gasteiger partial charge in [-0.3, -0.25) is 0 Å². The van der Waals surface area contributed by atoms with Crippen molar-refractivity contribution in [1.82, 2.24) is 0 Å². The number of carboxylic acid groups (broad SMARTS) is 1. The van der Waals surface area contributed by atoms with E-state index in [1.54, 1.807) is 0 Å². The lowest BCUT2D eigenvalue weighted by atomic mass is 10.0. The van der Waals surface area contributed by atoms with Gasteiger partial charge in [-0.2, -0.15) is 0 Å². The molecule has 6 heteroatoms. The Morgan fingerprint density at radius 3 is 2.94 bits per heavy atom. The quantitative estimate of drug-likeness (QED) is 0.695. The molecule has 16 heavy (non-hydrogen) atoms. The van der Waals surface area contributed by atoms with E-state index in [0.717, 1.165) is 0 Å². The zero-order valence-corrected chi connectivity index (χ0v) is 8.60. The molecule has 0 saturated carbocycles. The maximum atomic E-state index is 10.5. The first-order valence-corrected chi connectivity index (χ1v) is 4.96. The molecule has 1 aromatic rings.